The van der Waals surface area contributed by atoms with Gasteiger partial charge in [-0.2, -0.15) is 0 Å². The number of nitrogens with zero attached hydrogens (tertiary/aromatic N) is 3. The molecule has 168 valence electrons. The van der Waals surface area contributed by atoms with Crippen LogP contribution >= 0.6 is 11.6 Å². The van der Waals surface area contributed by atoms with Crippen LogP contribution in [-0.4, -0.2) is 48.1 Å². The van der Waals surface area contributed by atoms with Crippen molar-refractivity contribution in [3.63, 3.8) is 0 Å². The maximum atomic E-state index is 14.9. The monoisotopic (exact) mass is 478 g/mol. The van der Waals surface area contributed by atoms with Gasteiger partial charge in [-0.3, -0.25) is 4.99 Å². The summed E-state index contributed by atoms with van der Waals surface area (Å²) in [4.78, 5) is 8.77. The Hall–Kier alpha value is -2.56. The summed E-state index contributed by atoms with van der Waals surface area (Å²) in [6.45, 7) is 1.84. The molecule has 1 fully saturated rings. The number of hydrogen-bond donors (Lipinski definition) is 1. The summed E-state index contributed by atoms with van der Waals surface area (Å²) >= 11 is 5.94. The molecule has 2 atom stereocenters. The van der Waals surface area contributed by atoms with Gasteiger partial charge in [0.1, 0.15) is 28.4 Å². The minimum atomic E-state index is -3.74. The highest BCUT2D eigenvalue weighted by Crippen LogP contribution is 2.41. The van der Waals surface area contributed by atoms with E-state index >= 15 is 0 Å². The second kappa shape index (κ2) is 7.23. The SMILES string of the molecule is C[C@@]1(c2cc(Cc3noc4cc(Cl)cnc34)ccc2F)CS(=O)(=O)[C@@]2(CCOC2)C(N)=N1. The lowest BCUT2D eigenvalue weighted by molar-refractivity contribution is 0.194. The van der Waals surface area contributed by atoms with Gasteiger partial charge in [0, 0.05) is 30.9 Å². The van der Waals surface area contributed by atoms with Gasteiger partial charge in [-0.05, 0) is 25.0 Å². The minimum Gasteiger partial charge on any atom is -0.386 e. The number of rotatable bonds is 3. The molecule has 1 spiro atoms. The molecule has 2 aliphatic rings. The molecule has 0 radical (unpaired) electrons. The summed E-state index contributed by atoms with van der Waals surface area (Å²) in [6, 6.07) is 6.12. The van der Waals surface area contributed by atoms with Crippen LogP contribution in [0.1, 0.15) is 30.2 Å². The zero-order valence-electron chi connectivity index (χ0n) is 17.1. The fourth-order valence-electron chi connectivity index (χ4n) is 4.46. The fraction of sp³-hybridized carbons (Fsp3) is 0.381. The number of nitrogens with two attached hydrogens (primary N) is 1. The van der Waals surface area contributed by atoms with Crippen molar-refractivity contribution in [3.05, 3.63) is 58.1 Å². The van der Waals surface area contributed by atoms with Gasteiger partial charge in [-0.15, -0.1) is 0 Å². The summed E-state index contributed by atoms with van der Waals surface area (Å²) in [5.74, 6) is -0.953. The molecule has 2 aliphatic heterocycles. The van der Waals surface area contributed by atoms with Crippen molar-refractivity contribution >= 4 is 38.4 Å². The molecular weight excluding hydrogens is 459 g/mol. The van der Waals surface area contributed by atoms with E-state index < -0.39 is 25.9 Å². The molecule has 1 aromatic carbocycles. The van der Waals surface area contributed by atoms with Crippen molar-refractivity contribution in [1.29, 1.82) is 0 Å². The van der Waals surface area contributed by atoms with Gasteiger partial charge < -0.3 is 15.0 Å². The van der Waals surface area contributed by atoms with Crippen molar-refractivity contribution in [3.8, 4) is 0 Å². The van der Waals surface area contributed by atoms with Gasteiger partial charge in [0.25, 0.3) is 0 Å². The highest BCUT2D eigenvalue weighted by molar-refractivity contribution is 7.93. The van der Waals surface area contributed by atoms with Crippen LogP contribution in [0.3, 0.4) is 0 Å². The molecule has 0 amide bonds. The number of pyridine rings is 1. The lowest BCUT2D eigenvalue weighted by Gasteiger charge is -2.39. The Kier molecular flexibility index (Phi) is 4.81. The number of fused-ring (bicyclic) bond motifs is 1. The quantitative estimate of drug-likeness (QED) is 0.614. The number of aromatic nitrogens is 2. The molecule has 5 rings (SSSR count). The maximum Gasteiger partial charge on any atom is 0.187 e. The van der Waals surface area contributed by atoms with Crippen molar-refractivity contribution in [2.45, 2.75) is 30.1 Å². The fourth-order valence-corrected chi connectivity index (χ4v) is 6.86. The molecule has 0 aliphatic carbocycles. The number of hydrogen-bond acceptors (Lipinski definition) is 8. The van der Waals surface area contributed by atoms with E-state index in [0.29, 0.717) is 40.4 Å². The van der Waals surface area contributed by atoms with Crippen LogP contribution in [-0.2, 0) is 26.5 Å². The van der Waals surface area contributed by atoms with Crippen LogP contribution in [0.25, 0.3) is 11.1 Å². The Morgan fingerprint density at radius 1 is 1.31 bits per heavy atom. The number of halogens is 2. The van der Waals surface area contributed by atoms with Crippen LogP contribution in [0, 0.1) is 5.82 Å². The number of amidine groups is 1. The van der Waals surface area contributed by atoms with Gasteiger partial charge >= 0.3 is 0 Å². The van der Waals surface area contributed by atoms with E-state index in [1.807, 2.05) is 0 Å². The first kappa shape index (κ1) is 21.3. The summed E-state index contributed by atoms with van der Waals surface area (Å²) in [5.41, 5.74) is 7.20. The van der Waals surface area contributed by atoms with E-state index in [1.54, 1.807) is 25.1 Å². The molecule has 0 bridgehead atoms. The Bertz CT molecular complexity index is 1370. The highest BCUT2D eigenvalue weighted by atomic mass is 35.5. The van der Waals surface area contributed by atoms with Gasteiger partial charge in [0.05, 0.1) is 17.4 Å². The summed E-state index contributed by atoms with van der Waals surface area (Å²) < 4.78 is 50.7. The van der Waals surface area contributed by atoms with Crippen LogP contribution in [0.15, 0.2) is 40.0 Å². The lowest BCUT2D eigenvalue weighted by atomic mass is 9.90. The second-order valence-electron chi connectivity index (χ2n) is 8.45. The van der Waals surface area contributed by atoms with E-state index in [0.717, 1.165) is 0 Å². The van der Waals surface area contributed by atoms with Gasteiger partial charge in [-0.1, -0.05) is 28.9 Å². The smallest absolute Gasteiger partial charge is 0.187 e. The van der Waals surface area contributed by atoms with E-state index in [4.69, 9.17) is 26.6 Å². The molecule has 0 unspecified atom stereocenters. The average molecular weight is 479 g/mol. The molecular formula is C21H20ClFN4O4S. The van der Waals surface area contributed by atoms with Gasteiger partial charge in [0.15, 0.2) is 20.2 Å². The van der Waals surface area contributed by atoms with Crippen LogP contribution in [0.5, 0.6) is 0 Å². The standard InChI is InChI=1S/C21H20ClFN4O4S/c1-20(11-32(28,29)21(19(24)26-20)4-5-30-10-21)14-6-12(2-3-15(14)23)7-16-18-17(31-27-16)8-13(22)9-25-18/h2-3,6,8-9H,4-5,7,10-11H2,1H3,(H2,24,26)/t20-,21+/m0/s1. The topological polar surface area (TPSA) is 121 Å². The van der Waals surface area contributed by atoms with E-state index in [9.17, 15) is 12.8 Å². The number of sulfone groups is 1. The predicted molar refractivity (Wildman–Crippen MR) is 117 cm³/mol. The van der Waals surface area contributed by atoms with Gasteiger partial charge in [0.2, 0.25) is 0 Å². The number of ether oxygens (including phenoxy) is 1. The summed E-state index contributed by atoms with van der Waals surface area (Å²) in [7, 11) is -3.74. The molecule has 4 heterocycles. The largest absolute Gasteiger partial charge is 0.386 e. The molecule has 11 heteroatoms. The maximum absolute atomic E-state index is 14.9. The molecule has 0 saturated carbocycles. The van der Waals surface area contributed by atoms with Crippen LogP contribution in [0.2, 0.25) is 5.02 Å². The normalized spacial score (nSPS) is 27.2. The number of aliphatic imine (C=N–C) groups is 1. The molecule has 8 nitrogen and oxygen atoms in total. The van der Waals surface area contributed by atoms with E-state index in [1.165, 1.54) is 12.3 Å². The third-order valence-corrected chi connectivity index (χ3v) is 9.09. The third-order valence-electron chi connectivity index (χ3n) is 6.22. The Balaban J connectivity index is 1.54. The van der Waals surface area contributed by atoms with Crippen molar-refractivity contribution < 1.29 is 22.1 Å². The molecule has 32 heavy (non-hydrogen) atoms. The highest BCUT2D eigenvalue weighted by Gasteiger charge is 2.57. The minimum absolute atomic E-state index is 0.0283. The molecule has 2 aromatic heterocycles. The van der Waals surface area contributed by atoms with Crippen molar-refractivity contribution in [2.24, 2.45) is 10.7 Å². The van der Waals surface area contributed by atoms with E-state index in [-0.39, 0.29) is 30.2 Å². The second-order valence-corrected chi connectivity index (χ2v) is 11.2. The first-order valence-electron chi connectivity index (χ1n) is 9.98. The summed E-state index contributed by atoms with van der Waals surface area (Å²) in [6.07, 6.45) is 2.04. The zero-order valence-corrected chi connectivity index (χ0v) is 18.7. The number of benzene rings is 1. The van der Waals surface area contributed by atoms with Crippen molar-refractivity contribution in [2.75, 3.05) is 19.0 Å². The van der Waals surface area contributed by atoms with Crippen molar-refractivity contribution in [1.82, 2.24) is 10.1 Å². The van der Waals surface area contributed by atoms with E-state index in [2.05, 4.69) is 15.1 Å². The predicted octanol–water partition coefficient (Wildman–Crippen LogP) is 2.77. The molecule has 3 aromatic rings. The van der Waals surface area contributed by atoms with Gasteiger partial charge in [-0.25, -0.2) is 17.8 Å². The Morgan fingerprint density at radius 3 is 2.84 bits per heavy atom. The molecule has 2 N–H and O–H groups in total. The Labute approximate surface area is 188 Å². The zero-order chi connectivity index (χ0) is 22.7. The average Bonchev–Trinajstić information content (AvgIpc) is 3.36. The lowest BCUT2D eigenvalue weighted by Crippen LogP contribution is -2.58. The first-order valence-corrected chi connectivity index (χ1v) is 12.0. The summed E-state index contributed by atoms with van der Waals surface area (Å²) in [5, 5.41) is 4.48. The third kappa shape index (κ3) is 3.20. The molecule has 1 saturated heterocycles. The van der Waals surface area contributed by atoms with Crippen LogP contribution < -0.4 is 5.73 Å². The van der Waals surface area contributed by atoms with Crippen LogP contribution in [0.4, 0.5) is 4.39 Å². The Morgan fingerprint density at radius 2 is 2.12 bits per heavy atom. The first-order chi connectivity index (χ1) is 15.1.